The Bertz CT molecular complexity index is 1530. The molecule has 0 fully saturated rings. The van der Waals surface area contributed by atoms with Crippen LogP contribution in [0.15, 0.2) is 94.4 Å². The Morgan fingerprint density at radius 3 is 2.38 bits per heavy atom. The lowest BCUT2D eigenvalue weighted by molar-refractivity contribution is 0.0979. The molecule has 0 saturated heterocycles. The van der Waals surface area contributed by atoms with Crippen LogP contribution in [0.3, 0.4) is 0 Å². The van der Waals surface area contributed by atoms with E-state index in [-0.39, 0.29) is 10.5 Å². The van der Waals surface area contributed by atoms with Gasteiger partial charge in [-0.3, -0.25) is 4.79 Å². The Labute approximate surface area is 237 Å². The summed E-state index contributed by atoms with van der Waals surface area (Å²) in [7, 11) is -0.589. The highest BCUT2D eigenvalue weighted by atomic mass is 79.9. The van der Waals surface area contributed by atoms with Gasteiger partial charge >= 0.3 is 0 Å². The predicted molar refractivity (Wildman–Crippen MR) is 155 cm³/mol. The van der Waals surface area contributed by atoms with Gasteiger partial charge in [0.15, 0.2) is 0 Å². The molecule has 0 aliphatic carbocycles. The maximum atomic E-state index is 13.2. The normalized spacial score (nSPS) is 11.2. The molecule has 0 radical (unpaired) electrons. The average Bonchev–Trinajstić information content (AvgIpc) is 2.95. The largest absolute Gasteiger partial charge is 0.497 e. The Hall–Kier alpha value is -3.76. The molecular formula is C29H29BrN4O4S. The number of halogens is 1. The van der Waals surface area contributed by atoms with Crippen LogP contribution in [0, 0.1) is 0 Å². The van der Waals surface area contributed by atoms with Crippen molar-refractivity contribution in [2.45, 2.75) is 24.2 Å². The third kappa shape index (κ3) is 7.64. The number of aromatic nitrogens is 2. The fourth-order valence-corrected chi connectivity index (χ4v) is 5.18. The highest BCUT2D eigenvalue weighted by Gasteiger charge is 2.23. The first-order valence-corrected chi connectivity index (χ1v) is 14.6. The van der Waals surface area contributed by atoms with Crippen molar-refractivity contribution in [2.24, 2.45) is 0 Å². The topological polar surface area (TPSA) is 101 Å². The van der Waals surface area contributed by atoms with Gasteiger partial charge in [-0.1, -0.05) is 58.4 Å². The molecule has 0 bridgehead atoms. The van der Waals surface area contributed by atoms with Crippen molar-refractivity contribution in [3.05, 3.63) is 112 Å². The van der Waals surface area contributed by atoms with E-state index in [1.807, 2.05) is 54.4 Å². The molecule has 8 nitrogen and oxygen atoms in total. The van der Waals surface area contributed by atoms with Gasteiger partial charge in [0.05, 0.1) is 23.3 Å². The number of benzene rings is 3. The van der Waals surface area contributed by atoms with Crippen LogP contribution in [0.4, 0.5) is 5.95 Å². The lowest BCUT2D eigenvalue weighted by Gasteiger charge is -2.19. The molecule has 0 saturated carbocycles. The SMILES string of the molecule is COc1cccc(CCc2nc(N(C)CCc3ccccc3)ncc2C(=O)NS(=O)(=O)c2ccc(Br)cc2)c1. The maximum Gasteiger partial charge on any atom is 0.268 e. The predicted octanol–water partition coefficient (Wildman–Crippen LogP) is 4.83. The summed E-state index contributed by atoms with van der Waals surface area (Å²) in [6, 6.07) is 23.8. The number of hydrogen-bond acceptors (Lipinski definition) is 7. The van der Waals surface area contributed by atoms with Crippen molar-refractivity contribution in [1.82, 2.24) is 14.7 Å². The average molecular weight is 610 g/mol. The number of anilines is 1. The molecule has 0 spiro atoms. The fourth-order valence-electron chi connectivity index (χ4n) is 3.95. The van der Waals surface area contributed by atoms with E-state index < -0.39 is 15.9 Å². The standard InChI is InChI=1S/C29H29BrN4O4S/c1-34(18-17-21-7-4-3-5-8-21)29-31-20-26(27(32-29)16-11-22-9-6-10-24(19-22)38-2)28(35)33-39(36,37)25-14-12-23(30)13-15-25/h3-10,12-15,19-20H,11,16-18H2,1-2H3,(H,33,35). The second kappa shape index (κ2) is 12.9. The Kier molecular flexibility index (Phi) is 9.32. The minimum atomic E-state index is -4.09. The molecule has 0 atom stereocenters. The van der Waals surface area contributed by atoms with Gasteiger partial charge in [-0.25, -0.2) is 23.1 Å². The van der Waals surface area contributed by atoms with Crippen LogP contribution in [0.2, 0.25) is 0 Å². The van der Waals surface area contributed by atoms with Crippen LogP contribution >= 0.6 is 15.9 Å². The number of ether oxygens (including phenoxy) is 1. The number of sulfonamides is 1. The van der Waals surface area contributed by atoms with Crippen LogP contribution in [0.5, 0.6) is 5.75 Å². The molecule has 0 unspecified atom stereocenters. The molecule has 0 aliphatic rings. The van der Waals surface area contributed by atoms with E-state index in [0.717, 1.165) is 22.2 Å². The van der Waals surface area contributed by atoms with Crippen molar-refractivity contribution >= 4 is 37.8 Å². The molecule has 3 aromatic carbocycles. The molecule has 4 rings (SSSR count). The summed E-state index contributed by atoms with van der Waals surface area (Å²) < 4.78 is 34.0. The minimum Gasteiger partial charge on any atom is -0.497 e. The quantitative estimate of drug-likeness (QED) is 0.260. The van der Waals surface area contributed by atoms with E-state index in [4.69, 9.17) is 9.72 Å². The second-order valence-electron chi connectivity index (χ2n) is 8.93. The number of nitrogens with zero attached hydrogens (tertiary/aromatic N) is 3. The third-order valence-electron chi connectivity index (χ3n) is 6.16. The lowest BCUT2D eigenvalue weighted by Crippen LogP contribution is -2.32. The van der Waals surface area contributed by atoms with Crippen molar-refractivity contribution < 1.29 is 17.9 Å². The molecule has 202 valence electrons. The van der Waals surface area contributed by atoms with Crippen LogP contribution < -0.4 is 14.4 Å². The Morgan fingerprint density at radius 1 is 0.949 bits per heavy atom. The lowest BCUT2D eigenvalue weighted by atomic mass is 10.0. The van der Waals surface area contributed by atoms with E-state index in [9.17, 15) is 13.2 Å². The van der Waals surface area contributed by atoms with E-state index in [1.165, 1.54) is 23.9 Å². The molecule has 10 heteroatoms. The Morgan fingerprint density at radius 2 is 1.67 bits per heavy atom. The number of amides is 1. The maximum absolute atomic E-state index is 13.2. The summed E-state index contributed by atoms with van der Waals surface area (Å²) in [5.41, 5.74) is 2.76. The molecule has 1 amide bonds. The number of carbonyl (C=O) groups excluding carboxylic acids is 1. The van der Waals surface area contributed by atoms with E-state index in [1.54, 1.807) is 19.2 Å². The number of nitrogens with one attached hydrogen (secondary N) is 1. The number of methoxy groups -OCH3 is 1. The first kappa shape index (κ1) is 28.3. The zero-order valence-electron chi connectivity index (χ0n) is 21.7. The zero-order valence-corrected chi connectivity index (χ0v) is 24.1. The molecule has 1 aromatic heterocycles. The number of carbonyl (C=O) groups is 1. The molecule has 0 aliphatic heterocycles. The number of rotatable bonds is 11. The number of hydrogen-bond donors (Lipinski definition) is 1. The minimum absolute atomic E-state index is 0.0184. The Balaban J connectivity index is 1.58. The number of aryl methyl sites for hydroxylation is 2. The fraction of sp³-hybridized carbons (Fsp3) is 0.207. The first-order chi connectivity index (χ1) is 18.7. The van der Waals surface area contributed by atoms with E-state index in [2.05, 4.69) is 37.8 Å². The summed E-state index contributed by atoms with van der Waals surface area (Å²) >= 11 is 3.29. The van der Waals surface area contributed by atoms with Gasteiger partial charge in [-0.15, -0.1) is 0 Å². The van der Waals surface area contributed by atoms with Gasteiger partial charge in [0.2, 0.25) is 5.95 Å². The van der Waals surface area contributed by atoms with E-state index in [0.29, 0.717) is 31.0 Å². The van der Waals surface area contributed by atoms with Crippen molar-refractivity contribution in [2.75, 3.05) is 25.6 Å². The van der Waals surface area contributed by atoms with Crippen molar-refractivity contribution in [3.8, 4) is 5.75 Å². The summed E-state index contributed by atoms with van der Waals surface area (Å²) in [6.45, 7) is 0.669. The summed E-state index contributed by atoms with van der Waals surface area (Å²) in [6.07, 6.45) is 3.17. The highest BCUT2D eigenvalue weighted by molar-refractivity contribution is 9.10. The van der Waals surface area contributed by atoms with Crippen LogP contribution in [0.25, 0.3) is 0 Å². The van der Waals surface area contributed by atoms with Gasteiger partial charge in [0.25, 0.3) is 15.9 Å². The molecule has 1 N–H and O–H groups in total. The van der Waals surface area contributed by atoms with Crippen LogP contribution in [0.1, 0.15) is 27.2 Å². The summed E-state index contributed by atoms with van der Waals surface area (Å²) in [4.78, 5) is 24.2. The number of likely N-dealkylation sites (N-methyl/N-ethyl adjacent to an activating group) is 1. The van der Waals surface area contributed by atoms with Gasteiger partial charge in [0.1, 0.15) is 5.75 Å². The monoisotopic (exact) mass is 608 g/mol. The van der Waals surface area contributed by atoms with Gasteiger partial charge in [-0.05, 0) is 66.8 Å². The molecular weight excluding hydrogens is 580 g/mol. The van der Waals surface area contributed by atoms with Crippen molar-refractivity contribution in [3.63, 3.8) is 0 Å². The van der Waals surface area contributed by atoms with Crippen molar-refractivity contribution in [1.29, 1.82) is 0 Å². The summed E-state index contributed by atoms with van der Waals surface area (Å²) in [5.74, 6) is 0.408. The van der Waals surface area contributed by atoms with Crippen LogP contribution in [-0.2, 0) is 29.3 Å². The smallest absolute Gasteiger partial charge is 0.268 e. The summed E-state index contributed by atoms with van der Waals surface area (Å²) in [5, 5.41) is 0. The van der Waals surface area contributed by atoms with Gasteiger partial charge in [-0.2, -0.15) is 0 Å². The highest BCUT2D eigenvalue weighted by Crippen LogP contribution is 2.19. The van der Waals surface area contributed by atoms with Crippen LogP contribution in [-0.4, -0.2) is 45.0 Å². The molecule has 1 heterocycles. The second-order valence-corrected chi connectivity index (χ2v) is 11.5. The zero-order chi connectivity index (χ0) is 27.8. The molecule has 4 aromatic rings. The van der Waals surface area contributed by atoms with Gasteiger partial charge < -0.3 is 9.64 Å². The van der Waals surface area contributed by atoms with Gasteiger partial charge in [0, 0.05) is 24.3 Å². The third-order valence-corrected chi connectivity index (χ3v) is 8.03. The molecule has 39 heavy (non-hydrogen) atoms. The van der Waals surface area contributed by atoms with E-state index >= 15 is 0 Å². The first-order valence-electron chi connectivity index (χ1n) is 12.3.